The highest BCUT2D eigenvalue weighted by Gasteiger charge is 2.14. The Hall–Kier alpha value is -1.56. The minimum Gasteiger partial charge on any atom is -0.480 e. The van der Waals surface area contributed by atoms with Crippen molar-refractivity contribution >= 4 is 33.6 Å². The zero-order chi connectivity index (χ0) is 13.0. The Morgan fingerprint density at radius 2 is 2.06 bits per heavy atom. The lowest BCUT2D eigenvalue weighted by molar-refractivity contribution is -0.138. The average molecular weight is 301 g/mol. The van der Waals surface area contributed by atoms with Crippen molar-refractivity contribution in [3.05, 3.63) is 28.2 Å². The van der Waals surface area contributed by atoms with E-state index in [0.29, 0.717) is 5.69 Å². The van der Waals surface area contributed by atoms with Gasteiger partial charge in [-0.25, -0.2) is 4.79 Å². The Balaban J connectivity index is 2.69. The molecule has 6 heteroatoms. The van der Waals surface area contributed by atoms with E-state index >= 15 is 0 Å². The van der Waals surface area contributed by atoms with Crippen LogP contribution in [0, 0.1) is 6.92 Å². The number of anilines is 1. The van der Waals surface area contributed by atoms with Gasteiger partial charge >= 0.3 is 12.0 Å². The van der Waals surface area contributed by atoms with Crippen molar-refractivity contribution in [3.63, 3.8) is 0 Å². The molecule has 0 saturated carbocycles. The first-order valence-electron chi connectivity index (χ1n) is 4.97. The van der Waals surface area contributed by atoms with Crippen molar-refractivity contribution < 1.29 is 14.7 Å². The molecule has 1 unspecified atom stereocenters. The van der Waals surface area contributed by atoms with Gasteiger partial charge in [-0.3, -0.25) is 4.79 Å². The van der Waals surface area contributed by atoms with Gasteiger partial charge in [0.05, 0.1) is 0 Å². The SMILES string of the molecule is Cc1c(Br)cccc1NC(=O)NC(C)C(=O)O. The third-order valence-corrected chi connectivity index (χ3v) is 3.09. The second kappa shape index (κ2) is 5.67. The fourth-order valence-electron chi connectivity index (χ4n) is 1.16. The van der Waals surface area contributed by atoms with Crippen LogP contribution >= 0.6 is 15.9 Å². The Labute approximate surface area is 107 Å². The van der Waals surface area contributed by atoms with Crippen LogP contribution < -0.4 is 10.6 Å². The molecule has 0 aliphatic heterocycles. The second-order valence-corrected chi connectivity index (χ2v) is 4.43. The predicted molar refractivity (Wildman–Crippen MR) is 68.1 cm³/mol. The molecular formula is C11H13BrN2O3. The summed E-state index contributed by atoms with van der Waals surface area (Å²) in [5.74, 6) is -1.08. The summed E-state index contributed by atoms with van der Waals surface area (Å²) in [6.07, 6.45) is 0. The van der Waals surface area contributed by atoms with Crippen molar-refractivity contribution in [1.29, 1.82) is 0 Å². The lowest BCUT2D eigenvalue weighted by atomic mass is 10.2. The number of amides is 2. The largest absolute Gasteiger partial charge is 0.480 e. The quantitative estimate of drug-likeness (QED) is 0.802. The molecule has 0 aromatic heterocycles. The summed E-state index contributed by atoms with van der Waals surface area (Å²) in [6, 6.07) is 3.92. The standard InChI is InChI=1S/C11H13BrN2O3/c1-6-8(12)4-3-5-9(6)14-11(17)13-7(2)10(15)16/h3-5,7H,1-2H3,(H,15,16)(H2,13,14,17). The van der Waals surface area contributed by atoms with Gasteiger partial charge in [-0.15, -0.1) is 0 Å². The number of benzene rings is 1. The third-order valence-electron chi connectivity index (χ3n) is 2.23. The van der Waals surface area contributed by atoms with Crippen LogP contribution in [0.1, 0.15) is 12.5 Å². The molecule has 3 N–H and O–H groups in total. The summed E-state index contributed by atoms with van der Waals surface area (Å²) in [4.78, 5) is 22.0. The topological polar surface area (TPSA) is 78.4 Å². The van der Waals surface area contributed by atoms with E-state index in [1.165, 1.54) is 6.92 Å². The van der Waals surface area contributed by atoms with Crippen molar-refractivity contribution in [3.8, 4) is 0 Å². The van der Waals surface area contributed by atoms with Gasteiger partial charge in [-0.1, -0.05) is 22.0 Å². The zero-order valence-electron chi connectivity index (χ0n) is 9.45. The van der Waals surface area contributed by atoms with E-state index in [4.69, 9.17) is 5.11 Å². The molecule has 0 spiro atoms. The summed E-state index contributed by atoms with van der Waals surface area (Å²) < 4.78 is 0.876. The monoisotopic (exact) mass is 300 g/mol. The van der Waals surface area contributed by atoms with E-state index in [1.807, 2.05) is 13.0 Å². The summed E-state index contributed by atoms with van der Waals surface area (Å²) in [6.45, 7) is 3.25. The fraction of sp³-hybridized carbons (Fsp3) is 0.273. The van der Waals surface area contributed by atoms with Crippen LogP contribution in [0.4, 0.5) is 10.5 Å². The normalized spacial score (nSPS) is 11.7. The molecule has 0 heterocycles. The summed E-state index contributed by atoms with van der Waals surface area (Å²) >= 11 is 3.34. The van der Waals surface area contributed by atoms with Crippen molar-refractivity contribution in [2.24, 2.45) is 0 Å². The fourth-order valence-corrected chi connectivity index (χ4v) is 1.53. The molecule has 1 atom stereocenters. The molecule has 1 aromatic carbocycles. The number of carbonyl (C=O) groups is 2. The van der Waals surface area contributed by atoms with Gasteiger partial charge < -0.3 is 15.7 Å². The maximum atomic E-state index is 11.5. The molecule has 92 valence electrons. The highest BCUT2D eigenvalue weighted by atomic mass is 79.9. The van der Waals surface area contributed by atoms with Crippen LogP contribution in [-0.2, 0) is 4.79 Å². The van der Waals surface area contributed by atoms with E-state index in [-0.39, 0.29) is 0 Å². The van der Waals surface area contributed by atoms with Gasteiger partial charge in [-0.2, -0.15) is 0 Å². The molecular weight excluding hydrogens is 288 g/mol. The number of carbonyl (C=O) groups excluding carboxylic acids is 1. The molecule has 0 aliphatic rings. The number of hydrogen-bond acceptors (Lipinski definition) is 2. The molecule has 0 radical (unpaired) electrons. The number of nitrogens with one attached hydrogen (secondary N) is 2. The summed E-state index contributed by atoms with van der Waals surface area (Å²) in [7, 11) is 0. The van der Waals surface area contributed by atoms with Crippen LogP contribution in [0.25, 0.3) is 0 Å². The first kappa shape index (κ1) is 13.5. The van der Waals surface area contributed by atoms with Gasteiger partial charge in [0.1, 0.15) is 6.04 Å². The Morgan fingerprint density at radius 3 is 2.65 bits per heavy atom. The average Bonchev–Trinajstić information content (AvgIpc) is 2.24. The number of aliphatic carboxylic acids is 1. The molecule has 17 heavy (non-hydrogen) atoms. The first-order valence-corrected chi connectivity index (χ1v) is 5.76. The first-order chi connectivity index (χ1) is 7.91. The van der Waals surface area contributed by atoms with Crippen LogP contribution in [0.15, 0.2) is 22.7 Å². The Bertz CT molecular complexity index is 448. The number of carboxylic acid groups (broad SMARTS) is 1. The highest BCUT2D eigenvalue weighted by Crippen LogP contribution is 2.23. The van der Waals surface area contributed by atoms with Crippen LogP contribution in [0.5, 0.6) is 0 Å². The number of urea groups is 1. The maximum Gasteiger partial charge on any atom is 0.325 e. The Kier molecular flexibility index (Phi) is 4.51. The van der Waals surface area contributed by atoms with Gasteiger partial charge in [-0.05, 0) is 31.5 Å². The molecule has 0 aliphatic carbocycles. The Morgan fingerprint density at radius 1 is 1.41 bits per heavy atom. The smallest absolute Gasteiger partial charge is 0.325 e. The van der Waals surface area contributed by atoms with Crippen LogP contribution in [0.3, 0.4) is 0 Å². The van der Waals surface area contributed by atoms with Crippen molar-refractivity contribution in [2.45, 2.75) is 19.9 Å². The lowest BCUT2D eigenvalue weighted by Crippen LogP contribution is -2.40. The van der Waals surface area contributed by atoms with Gasteiger partial charge in [0, 0.05) is 10.2 Å². The van der Waals surface area contributed by atoms with Crippen molar-refractivity contribution in [2.75, 3.05) is 5.32 Å². The minimum absolute atomic E-state index is 0.541. The van der Waals surface area contributed by atoms with E-state index in [0.717, 1.165) is 10.0 Å². The van der Waals surface area contributed by atoms with Gasteiger partial charge in [0.25, 0.3) is 0 Å². The number of halogens is 1. The van der Waals surface area contributed by atoms with Crippen LogP contribution in [-0.4, -0.2) is 23.1 Å². The third kappa shape index (κ3) is 3.74. The van der Waals surface area contributed by atoms with Crippen molar-refractivity contribution in [1.82, 2.24) is 5.32 Å². The summed E-state index contributed by atoms with van der Waals surface area (Å²) in [5, 5.41) is 13.5. The van der Waals surface area contributed by atoms with E-state index < -0.39 is 18.0 Å². The van der Waals surface area contributed by atoms with E-state index in [2.05, 4.69) is 26.6 Å². The molecule has 2 amide bonds. The molecule has 1 aromatic rings. The maximum absolute atomic E-state index is 11.5. The second-order valence-electron chi connectivity index (χ2n) is 3.57. The molecule has 1 rings (SSSR count). The minimum atomic E-state index is -1.08. The van der Waals surface area contributed by atoms with E-state index in [9.17, 15) is 9.59 Å². The number of carboxylic acids is 1. The van der Waals surface area contributed by atoms with Gasteiger partial charge in [0.15, 0.2) is 0 Å². The summed E-state index contributed by atoms with van der Waals surface area (Å²) in [5.41, 5.74) is 1.51. The zero-order valence-corrected chi connectivity index (χ0v) is 11.0. The molecule has 0 bridgehead atoms. The van der Waals surface area contributed by atoms with E-state index in [1.54, 1.807) is 12.1 Å². The lowest BCUT2D eigenvalue weighted by Gasteiger charge is -2.12. The molecule has 0 saturated heterocycles. The number of rotatable bonds is 3. The van der Waals surface area contributed by atoms with Crippen LogP contribution in [0.2, 0.25) is 0 Å². The van der Waals surface area contributed by atoms with Gasteiger partial charge in [0.2, 0.25) is 0 Å². The molecule has 5 nitrogen and oxygen atoms in total. The predicted octanol–water partition coefficient (Wildman–Crippen LogP) is 2.35. The molecule has 0 fully saturated rings. The highest BCUT2D eigenvalue weighted by molar-refractivity contribution is 9.10. The number of hydrogen-bond donors (Lipinski definition) is 3.